The Morgan fingerprint density at radius 1 is 1.17 bits per heavy atom. The number of ether oxygens (including phenoxy) is 1. The van der Waals surface area contributed by atoms with Crippen LogP contribution in [0.25, 0.3) is 0 Å². The summed E-state index contributed by atoms with van der Waals surface area (Å²) < 4.78 is 33.6. The van der Waals surface area contributed by atoms with Crippen LogP contribution >= 0.6 is 0 Å². The molecule has 29 heavy (non-hydrogen) atoms. The fourth-order valence-electron chi connectivity index (χ4n) is 2.83. The van der Waals surface area contributed by atoms with E-state index in [0.717, 1.165) is 0 Å². The maximum absolute atomic E-state index is 12.7. The topological polar surface area (TPSA) is 151 Å². The number of amides is 1. The lowest BCUT2D eigenvalue weighted by Crippen LogP contribution is -2.50. The van der Waals surface area contributed by atoms with Gasteiger partial charge >= 0.3 is 0 Å². The third-order valence-corrected chi connectivity index (χ3v) is 6.22. The molecule has 1 aliphatic heterocycles. The van der Waals surface area contributed by atoms with Crippen LogP contribution in [-0.4, -0.2) is 68.3 Å². The van der Waals surface area contributed by atoms with Crippen molar-refractivity contribution in [2.75, 3.05) is 19.7 Å². The minimum absolute atomic E-state index is 0.0882. The molecular weight excluding hydrogens is 400 g/mol. The van der Waals surface area contributed by atoms with Crippen molar-refractivity contribution in [1.29, 1.82) is 0 Å². The zero-order chi connectivity index (χ0) is 20.4. The largest absolute Gasteiger partial charge is 0.484 e. The van der Waals surface area contributed by atoms with Gasteiger partial charge in [-0.1, -0.05) is 5.21 Å². The molecule has 1 saturated heterocycles. The molecule has 3 aromatic rings. The van der Waals surface area contributed by atoms with Crippen LogP contribution in [0.2, 0.25) is 0 Å². The average molecular weight is 418 g/mol. The van der Waals surface area contributed by atoms with Gasteiger partial charge in [0.15, 0.2) is 6.61 Å². The molecule has 1 fully saturated rings. The number of nitrogens with zero attached hydrogens (tertiary/aromatic N) is 7. The van der Waals surface area contributed by atoms with Gasteiger partial charge in [0.25, 0.3) is 5.91 Å². The number of rotatable bonds is 8. The summed E-state index contributed by atoms with van der Waals surface area (Å²) in [4.78, 5) is 12.4. The van der Waals surface area contributed by atoms with E-state index in [0.29, 0.717) is 31.1 Å². The van der Waals surface area contributed by atoms with Crippen molar-refractivity contribution in [3.8, 4) is 5.75 Å². The zero-order valence-corrected chi connectivity index (χ0v) is 16.0. The molecule has 0 radical (unpaired) electrons. The van der Waals surface area contributed by atoms with E-state index in [2.05, 4.69) is 20.5 Å². The summed E-state index contributed by atoms with van der Waals surface area (Å²) in [6.45, 7) is 0.721. The molecule has 0 aliphatic carbocycles. The maximum atomic E-state index is 12.7. The Balaban J connectivity index is 1.36. The normalized spacial score (nSPS) is 15.2. The monoisotopic (exact) mass is 418 g/mol. The highest BCUT2D eigenvalue weighted by molar-refractivity contribution is 7.89. The van der Waals surface area contributed by atoms with Crippen molar-refractivity contribution >= 4 is 15.9 Å². The molecule has 0 atom stereocenters. The number of carbonyl (C=O) groups is 1. The Morgan fingerprint density at radius 3 is 2.52 bits per heavy atom. The second-order valence-corrected chi connectivity index (χ2v) is 8.39. The summed E-state index contributed by atoms with van der Waals surface area (Å²) in [5, 5.41) is 16.2. The number of primary amides is 1. The first-order valence-corrected chi connectivity index (χ1v) is 10.1. The minimum atomic E-state index is -3.62. The van der Waals surface area contributed by atoms with Crippen molar-refractivity contribution in [2.24, 2.45) is 5.73 Å². The quantitative estimate of drug-likeness (QED) is 0.490. The number of carbonyl (C=O) groups excluding carboxylic acids is 1. The van der Waals surface area contributed by atoms with Gasteiger partial charge in [-0.2, -0.15) is 19.3 Å². The summed E-state index contributed by atoms with van der Waals surface area (Å²) in [6, 6.07) is 5.75. The van der Waals surface area contributed by atoms with Gasteiger partial charge in [-0.05, 0) is 24.3 Å². The van der Waals surface area contributed by atoms with Gasteiger partial charge in [0.2, 0.25) is 10.0 Å². The summed E-state index contributed by atoms with van der Waals surface area (Å²) in [6.07, 6.45) is 4.92. The Labute approximate surface area is 165 Å². The molecule has 2 aromatic heterocycles. The fourth-order valence-corrected chi connectivity index (χ4v) is 4.34. The number of benzene rings is 1. The first-order chi connectivity index (χ1) is 13.9. The van der Waals surface area contributed by atoms with Gasteiger partial charge in [0.05, 0.1) is 29.5 Å². The third-order valence-electron chi connectivity index (χ3n) is 4.37. The first-order valence-electron chi connectivity index (χ1n) is 8.68. The summed E-state index contributed by atoms with van der Waals surface area (Å²) in [7, 11) is -3.62. The third kappa shape index (κ3) is 4.09. The number of hydrogen-bond acceptors (Lipinski definition) is 8. The summed E-state index contributed by atoms with van der Waals surface area (Å²) in [5.41, 5.74) is 5.70. The van der Waals surface area contributed by atoms with Crippen LogP contribution in [0.1, 0.15) is 11.7 Å². The Kier molecular flexibility index (Phi) is 4.98. The van der Waals surface area contributed by atoms with Gasteiger partial charge in [0, 0.05) is 13.1 Å². The molecule has 0 unspecified atom stereocenters. The van der Waals surface area contributed by atoms with Crippen molar-refractivity contribution in [3.63, 3.8) is 0 Å². The Hall–Kier alpha value is -3.32. The van der Waals surface area contributed by atoms with E-state index in [4.69, 9.17) is 10.5 Å². The number of aromatic nitrogens is 6. The van der Waals surface area contributed by atoms with E-state index in [-0.39, 0.29) is 17.5 Å². The molecule has 1 amide bonds. The van der Waals surface area contributed by atoms with Gasteiger partial charge in [-0.25, -0.2) is 13.1 Å². The highest BCUT2D eigenvalue weighted by atomic mass is 32.2. The fraction of sp³-hybridized carbons (Fsp3) is 0.312. The molecule has 3 heterocycles. The van der Waals surface area contributed by atoms with E-state index in [1.54, 1.807) is 23.3 Å². The standard InChI is InChI=1S/C16H18N8O4S/c17-16(25)11-28-14-1-3-15(4-2-14)29(26,27)22-9-13(10-22)23-7-12(20-21-23)8-24-18-5-6-19-24/h1-7,13H,8-11H2,(H2,17,25). The van der Waals surface area contributed by atoms with E-state index < -0.39 is 15.9 Å². The minimum Gasteiger partial charge on any atom is -0.484 e. The maximum Gasteiger partial charge on any atom is 0.255 e. The highest BCUT2D eigenvalue weighted by Crippen LogP contribution is 2.28. The second-order valence-electron chi connectivity index (χ2n) is 6.45. The Bertz CT molecular complexity index is 1090. The van der Waals surface area contributed by atoms with Crippen LogP contribution in [-0.2, 0) is 21.4 Å². The van der Waals surface area contributed by atoms with E-state index in [1.807, 2.05) is 0 Å². The zero-order valence-electron chi connectivity index (χ0n) is 15.2. The lowest BCUT2D eigenvalue weighted by molar-refractivity contribution is -0.119. The molecule has 0 saturated carbocycles. The van der Waals surface area contributed by atoms with Crippen molar-refractivity contribution in [3.05, 3.63) is 48.5 Å². The molecule has 12 nitrogen and oxygen atoms in total. The number of hydrogen-bond donors (Lipinski definition) is 1. The summed E-state index contributed by atoms with van der Waals surface area (Å²) >= 11 is 0. The SMILES string of the molecule is NC(=O)COc1ccc(S(=O)(=O)N2CC(n3cc(Cn4nccn4)nn3)C2)cc1. The van der Waals surface area contributed by atoms with Crippen LogP contribution in [0.4, 0.5) is 0 Å². The van der Waals surface area contributed by atoms with Crippen LogP contribution in [0, 0.1) is 0 Å². The predicted molar refractivity (Wildman–Crippen MR) is 98.1 cm³/mol. The van der Waals surface area contributed by atoms with E-state index in [1.165, 1.54) is 33.4 Å². The molecule has 1 aromatic carbocycles. The lowest BCUT2D eigenvalue weighted by atomic mass is 10.2. The molecular formula is C16H18N8O4S. The molecule has 4 rings (SSSR count). The molecule has 0 bridgehead atoms. The van der Waals surface area contributed by atoms with Crippen LogP contribution in [0.3, 0.4) is 0 Å². The van der Waals surface area contributed by atoms with Gasteiger partial charge in [-0.15, -0.1) is 5.10 Å². The van der Waals surface area contributed by atoms with Crippen molar-refractivity contribution < 1.29 is 17.9 Å². The molecule has 152 valence electrons. The highest BCUT2D eigenvalue weighted by Gasteiger charge is 2.38. The van der Waals surface area contributed by atoms with Crippen molar-refractivity contribution in [1.82, 2.24) is 34.3 Å². The Morgan fingerprint density at radius 2 is 1.86 bits per heavy atom. The molecule has 1 aliphatic rings. The second kappa shape index (κ2) is 7.60. The van der Waals surface area contributed by atoms with Crippen molar-refractivity contribution in [2.45, 2.75) is 17.5 Å². The van der Waals surface area contributed by atoms with E-state index >= 15 is 0 Å². The molecule has 13 heteroatoms. The van der Waals surface area contributed by atoms with Crippen LogP contribution < -0.4 is 10.5 Å². The molecule has 0 spiro atoms. The average Bonchev–Trinajstić information content (AvgIpc) is 3.32. The smallest absolute Gasteiger partial charge is 0.255 e. The molecule has 2 N–H and O–H groups in total. The van der Waals surface area contributed by atoms with Crippen LogP contribution in [0.15, 0.2) is 47.8 Å². The van der Waals surface area contributed by atoms with Gasteiger partial charge < -0.3 is 10.5 Å². The van der Waals surface area contributed by atoms with Gasteiger partial charge in [-0.3, -0.25) is 4.79 Å². The number of nitrogens with two attached hydrogens (primary N) is 1. The van der Waals surface area contributed by atoms with Gasteiger partial charge in [0.1, 0.15) is 18.0 Å². The van der Waals surface area contributed by atoms with Crippen LogP contribution in [0.5, 0.6) is 5.75 Å². The predicted octanol–water partition coefficient (Wildman–Crippen LogP) is -0.972. The lowest BCUT2D eigenvalue weighted by Gasteiger charge is -2.37. The van der Waals surface area contributed by atoms with E-state index in [9.17, 15) is 13.2 Å². The number of sulfonamides is 1. The first kappa shape index (κ1) is 19.0. The summed E-state index contributed by atoms with van der Waals surface area (Å²) in [5.74, 6) is -0.239.